The highest BCUT2D eigenvalue weighted by molar-refractivity contribution is 5.94. The minimum absolute atomic E-state index is 0.0395. The van der Waals surface area contributed by atoms with Gasteiger partial charge in [0.25, 0.3) is 0 Å². The van der Waals surface area contributed by atoms with Crippen molar-refractivity contribution in [1.82, 2.24) is 0 Å². The van der Waals surface area contributed by atoms with Crippen LogP contribution in [0.5, 0.6) is 5.75 Å². The van der Waals surface area contributed by atoms with Gasteiger partial charge >= 0.3 is 5.97 Å². The molecule has 1 saturated carbocycles. The number of hydrogen-bond acceptors (Lipinski definition) is 4. The second kappa shape index (κ2) is 5.73. The van der Waals surface area contributed by atoms with E-state index in [1.807, 2.05) is 0 Å². The van der Waals surface area contributed by atoms with Crippen LogP contribution in [0.3, 0.4) is 0 Å². The molecule has 1 aliphatic carbocycles. The number of benzene rings is 1. The van der Waals surface area contributed by atoms with E-state index >= 15 is 0 Å². The van der Waals surface area contributed by atoms with Crippen molar-refractivity contribution in [1.29, 1.82) is 0 Å². The lowest BCUT2D eigenvalue weighted by Crippen LogP contribution is -2.15. The second-order valence-electron chi connectivity index (χ2n) is 4.70. The number of nitrogens with one attached hydrogen (secondary N) is 1. The van der Waals surface area contributed by atoms with Crippen LogP contribution in [-0.2, 0) is 14.3 Å². The van der Waals surface area contributed by atoms with Gasteiger partial charge in [0.15, 0.2) is 6.61 Å². The van der Waals surface area contributed by atoms with Crippen LogP contribution < -0.4 is 10.1 Å². The molecular weight excluding hydrogens is 246 g/mol. The highest BCUT2D eigenvalue weighted by atomic mass is 16.6. The first-order chi connectivity index (χ1) is 9.10. The van der Waals surface area contributed by atoms with Crippen LogP contribution in [0.1, 0.15) is 13.3 Å². The number of esters is 1. The van der Waals surface area contributed by atoms with Gasteiger partial charge in [-0.05, 0) is 24.5 Å². The van der Waals surface area contributed by atoms with Gasteiger partial charge in [-0.25, -0.2) is 4.79 Å². The summed E-state index contributed by atoms with van der Waals surface area (Å²) in [7, 11) is 1.30. The lowest BCUT2D eigenvalue weighted by molar-refractivity contribution is -0.142. The van der Waals surface area contributed by atoms with Gasteiger partial charge in [-0.2, -0.15) is 0 Å². The molecule has 0 bridgehead atoms. The Labute approximate surface area is 111 Å². The normalized spacial score (nSPS) is 20.5. The molecule has 19 heavy (non-hydrogen) atoms. The van der Waals surface area contributed by atoms with Gasteiger partial charge in [-0.3, -0.25) is 4.79 Å². The molecule has 0 radical (unpaired) electrons. The Bertz CT molecular complexity index is 486. The molecule has 0 aliphatic heterocycles. The largest absolute Gasteiger partial charge is 0.482 e. The molecule has 1 amide bonds. The summed E-state index contributed by atoms with van der Waals surface area (Å²) in [5.74, 6) is 0.712. The molecule has 1 aromatic carbocycles. The van der Waals surface area contributed by atoms with Crippen LogP contribution in [0.4, 0.5) is 5.69 Å². The topological polar surface area (TPSA) is 64.6 Å². The molecule has 5 heteroatoms. The predicted molar refractivity (Wildman–Crippen MR) is 69.9 cm³/mol. The summed E-state index contributed by atoms with van der Waals surface area (Å²) in [6.07, 6.45) is 0.949. The van der Waals surface area contributed by atoms with Crippen molar-refractivity contribution >= 4 is 17.6 Å². The van der Waals surface area contributed by atoms with Crippen molar-refractivity contribution in [3.8, 4) is 5.75 Å². The van der Waals surface area contributed by atoms with Gasteiger partial charge in [-0.15, -0.1) is 0 Å². The van der Waals surface area contributed by atoms with E-state index in [0.29, 0.717) is 17.4 Å². The third-order valence-electron chi connectivity index (χ3n) is 3.13. The lowest BCUT2D eigenvalue weighted by atomic mass is 10.2. The lowest BCUT2D eigenvalue weighted by Gasteiger charge is -2.08. The summed E-state index contributed by atoms with van der Waals surface area (Å²) in [6, 6.07) is 6.96. The molecule has 1 N–H and O–H groups in total. The number of amides is 1. The van der Waals surface area contributed by atoms with Crippen molar-refractivity contribution in [3.63, 3.8) is 0 Å². The SMILES string of the molecule is COC(=O)COc1cccc(NC(=O)[C@H]2C[C@H]2C)c1. The number of carbonyl (C=O) groups excluding carboxylic acids is 2. The maximum atomic E-state index is 11.8. The van der Waals surface area contributed by atoms with Crippen LogP contribution in [-0.4, -0.2) is 25.6 Å². The number of rotatable bonds is 5. The Morgan fingerprint density at radius 1 is 1.42 bits per heavy atom. The van der Waals surface area contributed by atoms with Crippen molar-refractivity contribution < 1.29 is 19.1 Å². The Hall–Kier alpha value is -2.04. The van der Waals surface area contributed by atoms with E-state index < -0.39 is 5.97 Å². The van der Waals surface area contributed by atoms with Crippen LogP contribution in [0, 0.1) is 11.8 Å². The molecule has 0 spiro atoms. The summed E-state index contributed by atoms with van der Waals surface area (Å²) in [5.41, 5.74) is 0.673. The second-order valence-corrected chi connectivity index (χ2v) is 4.70. The van der Waals surface area contributed by atoms with Crippen LogP contribution in [0.2, 0.25) is 0 Å². The van der Waals surface area contributed by atoms with Crippen molar-refractivity contribution in [3.05, 3.63) is 24.3 Å². The summed E-state index contributed by atoms with van der Waals surface area (Å²) >= 11 is 0. The highest BCUT2D eigenvalue weighted by Crippen LogP contribution is 2.38. The first-order valence-electron chi connectivity index (χ1n) is 6.20. The molecule has 2 rings (SSSR count). The molecule has 0 aromatic heterocycles. The number of ether oxygens (including phenoxy) is 2. The quantitative estimate of drug-likeness (QED) is 0.823. The van der Waals surface area contributed by atoms with Gasteiger partial charge in [0.1, 0.15) is 5.75 Å². The van der Waals surface area contributed by atoms with E-state index in [2.05, 4.69) is 17.0 Å². The van der Waals surface area contributed by atoms with Gasteiger partial charge < -0.3 is 14.8 Å². The van der Waals surface area contributed by atoms with Crippen LogP contribution in [0.15, 0.2) is 24.3 Å². The predicted octanol–water partition coefficient (Wildman–Crippen LogP) is 1.83. The number of hydrogen-bond donors (Lipinski definition) is 1. The van der Waals surface area contributed by atoms with E-state index in [1.54, 1.807) is 24.3 Å². The first-order valence-corrected chi connectivity index (χ1v) is 6.20. The van der Waals surface area contributed by atoms with Crippen molar-refractivity contribution in [2.45, 2.75) is 13.3 Å². The van der Waals surface area contributed by atoms with E-state index in [0.717, 1.165) is 6.42 Å². The molecule has 0 saturated heterocycles. The van der Waals surface area contributed by atoms with E-state index in [4.69, 9.17) is 4.74 Å². The molecule has 0 unspecified atom stereocenters. The van der Waals surface area contributed by atoms with Gasteiger partial charge in [0.2, 0.25) is 5.91 Å². The van der Waals surface area contributed by atoms with Crippen molar-refractivity contribution in [2.75, 3.05) is 19.0 Å². The third kappa shape index (κ3) is 3.71. The Morgan fingerprint density at radius 2 is 2.16 bits per heavy atom. The molecule has 1 aliphatic rings. The molecular formula is C14H17NO4. The first kappa shape index (κ1) is 13.4. The third-order valence-corrected chi connectivity index (χ3v) is 3.13. The fraction of sp³-hybridized carbons (Fsp3) is 0.429. The standard InChI is InChI=1S/C14H17NO4/c1-9-6-12(9)14(17)15-10-4-3-5-11(7-10)19-8-13(16)18-2/h3-5,7,9,12H,6,8H2,1-2H3,(H,15,17)/t9-,12+/m1/s1. The zero-order valence-corrected chi connectivity index (χ0v) is 11.0. The number of carbonyl (C=O) groups is 2. The summed E-state index contributed by atoms with van der Waals surface area (Å²) < 4.78 is 9.74. The van der Waals surface area contributed by atoms with E-state index in [1.165, 1.54) is 7.11 Å². The summed E-state index contributed by atoms with van der Waals surface area (Å²) in [5, 5.41) is 2.84. The molecule has 102 valence electrons. The van der Waals surface area contributed by atoms with E-state index in [9.17, 15) is 9.59 Å². The van der Waals surface area contributed by atoms with Gasteiger partial charge in [-0.1, -0.05) is 13.0 Å². The minimum Gasteiger partial charge on any atom is -0.482 e. The molecule has 2 atom stereocenters. The van der Waals surface area contributed by atoms with E-state index in [-0.39, 0.29) is 18.4 Å². The fourth-order valence-electron chi connectivity index (χ4n) is 1.79. The zero-order chi connectivity index (χ0) is 13.8. The maximum Gasteiger partial charge on any atom is 0.343 e. The number of methoxy groups -OCH3 is 1. The molecule has 0 heterocycles. The zero-order valence-electron chi connectivity index (χ0n) is 11.0. The maximum absolute atomic E-state index is 11.8. The van der Waals surface area contributed by atoms with Gasteiger partial charge in [0, 0.05) is 17.7 Å². The minimum atomic E-state index is -0.443. The summed E-state index contributed by atoms with van der Waals surface area (Å²) in [6.45, 7) is 1.91. The highest BCUT2D eigenvalue weighted by Gasteiger charge is 2.39. The monoisotopic (exact) mass is 263 g/mol. The Kier molecular flexibility index (Phi) is 4.04. The van der Waals surface area contributed by atoms with Crippen molar-refractivity contribution in [2.24, 2.45) is 11.8 Å². The molecule has 5 nitrogen and oxygen atoms in total. The van der Waals surface area contributed by atoms with Gasteiger partial charge in [0.05, 0.1) is 7.11 Å². The van der Waals surface area contributed by atoms with Crippen LogP contribution in [0.25, 0.3) is 0 Å². The fourth-order valence-corrected chi connectivity index (χ4v) is 1.79. The average molecular weight is 263 g/mol. The average Bonchev–Trinajstić information content (AvgIpc) is 3.13. The molecule has 1 aromatic rings. The Morgan fingerprint density at radius 3 is 2.79 bits per heavy atom. The summed E-state index contributed by atoms with van der Waals surface area (Å²) in [4.78, 5) is 22.7. The smallest absolute Gasteiger partial charge is 0.343 e. The van der Waals surface area contributed by atoms with Crippen LogP contribution >= 0.6 is 0 Å². The molecule has 1 fully saturated rings. The Balaban J connectivity index is 1.91. The number of anilines is 1.